The number of nitrogens with two attached hydrogens (primary N) is 1. The van der Waals surface area contributed by atoms with Crippen LogP contribution in [0.4, 0.5) is 5.69 Å². The van der Waals surface area contributed by atoms with Crippen molar-refractivity contribution in [2.45, 2.75) is 19.4 Å². The second-order valence-corrected chi connectivity index (χ2v) is 5.09. The molecule has 2 aromatic carbocycles. The van der Waals surface area contributed by atoms with Gasteiger partial charge in [-0.3, -0.25) is 0 Å². The van der Waals surface area contributed by atoms with Crippen LogP contribution in [0.25, 0.3) is 0 Å². The molecule has 2 nitrogen and oxygen atoms in total. The lowest BCUT2D eigenvalue weighted by Gasteiger charge is -2.20. The maximum absolute atomic E-state index is 5.80. The summed E-state index contributed by atoms with van der Waals surface area (Å²) >= 11 is 0. The third-order valence-electron chi connectivity index (χ3n) is 3.97. The number of para-hydroxylation sites is 1. The largest absolute Gasteiger partial charge is 0.371 e. The first-order valence-electron chi connectivity index (χ1n) is 6.98. The highest BCUT2D eigenvalue weighted by Crippen LogP contribution is 2.27. The van der Waals surface area contributed by atoms with E-state index >= 15 is 0 Å². The second kappa shape index (κ2) is 5.45. The van der Waals surface area contributed by atoms with Gasteiger partial charge in [-0.25, -0.2) is 0 Å². The van der Waals surface area contributed by atoms with Crippen molar-refractivity contribution in [1.82, 2.24) is 0 Å². The fraction of sp³-hybridized carbons (Fsp3) is 0.294. The molecule has 2 aromatic rings. The molecule has 2 N–H and O–H groups in total. The maximum atomic E-state index is 5.80. The summed E-state index contributed by atoms with van der Waals surface area (Å²) in [6.07, 6.45) is 2.25. The normalized spacial score (nSPS) is 13.6. The van der Waals surface area contributed by atoms with Gasteiger partial charge >= 0.3 is 0 Å². The fourth-order valence-electron chi connectivity index (χ4n) is 2.89. The lowest BCUT2D eigenvalue weighted by Crippen LogP contribution is -2.23. The lowest BCUT2D eigenvalue weighted by atomic mass is 10.0. The van der Waals surface area contributed by atoms with Gasteiger partial charge in [-0.15, -0.1) is 0 Å². The predicted octanol–water partition coefficient (Wildman–Crippen LogP) is 2.75. The first-order chi connectivity index (χ1) is 9.38. The number of fused-ring (bicyclic) bond motifs is 1. The molecule has 1 heterocycles. The summed E-state index contributed by atoms with van der Waals surface area (Å²) in [5.41, 5.74) is 11.3. The van der Waals surface area contributed by atoms with Crippen molar-refractivity contribution < 1.29 is 0 Å². The molecule has 0 spiro atoms. The van der Waals surface area contributed by atoms with E-state index in [1.54, 1.807) is 0 Å². The van der Waals surface area contributed by atoms with Crippen molar-refractivity contribution in [3.05, 3.63) is 65.2 Å². The highest BCUT2D eigenvalue weighted by atomic mass is 15.1. The number of hydrogen-bond donors (Lipinski definition) is 1. The van der Waals surface area contributed by atoms with Crippen LogP contribution in [0.15, 0.2) is 48.5 Å². The smallest absolute Gasteiger partial charge is 0.0399 e. The minimum atomic E-state index is 0.632. The molecule has 0 atom stereocenters. The van der Waals surface area contributed by atoms with Crippen LogP contribution in [0.5, 0.6) is 0 Å². The summed E-state index contributed by atoms with van der Waals surface area (Å²) in [4.78, 5) is 2.49. The van der Waals surface area contributed by atoms with Crippen molar-refractivity contribution in [1.29, 1.82) is 0 Å². The number of anilines is 1. The Hall–Kier alpha value is -1.80. The highest BCUT2D eigenvalue weighted by molar-refractivity contribution is 5.57. The Balaban J connectivity index is 1.71. The number of benzene rings is 2. The minimum Gasteiger partial charge on any atom is -0.371 e. The Morgan fingerprint density at radius 3 is 2.53 bits per heavy atom. The molecule has 0 amide bonds. The van der Waals surface area contributed by atoms with E-state index in [4.69, 9.17) is 5.73 Å². The van der Waals surface area contributed by atoms with E-state index in [-0.39, 0.29) is 0 Å². The molecule has 3 rings (SSSR count). The van der Waals surface area contributed by atoms with E-state index in [0.29, 0.717) is 6.54 Å². The Morgan fingerprint density at radius 2 is 1.68 bits per heavy atom. The van der Waals surface area contributed by atoms with Crippen LogP contribution in [0.2, 0.25) is 0 Å². The molecule has 0 aromatic heterocycles. The van der Waals surface area contributed by atoms with E-state index in [0.717, 1.165) is 19.5 Å². The molecule has 0 saturated carbocycles. The monoisotopic (exact) mass is 252 g/mol. The third kappa shape index (κ3) is 2.49. The molecule has 0 bridgehead atoms. The molecule has 0 fully saturated rings. The first-order valence-corrected chi connectivity index (χ1v) is 6.98. The summed E-state index contributed by atoms with van der Waals surface area (Å²) in [6, 6.07) is 17.2. The number of hydrogen-bond acceptors (Lipinski definition) is 2. The van der Waals surface area contributed by atoms with Crippen LogP contribution in [0, 0.1) is 0 Å². The average molecular weight is 252 g/mol. The third-order valence-corrected chi connectivity index (χ3v) is 3.97. The van der Waals surface area contributed by atoms with Gasteiger partial charge in [0.05, 0.1) is 0 Å². The number of nitrogens with zero attached hydrogens (tertiary/aromatic N) is 1. The Labute approximate surface area is 114 Å². The van der Waals surface area contributed by atoms with Crippen molar-refractivity contribution in [3.8, 4) is 0 Å². The molecule has 1 aliphatic heterocycles. The van der Waals surface area contributed by atoms with E-state index in [9.17, 15) is 0 Å². The van der Waals surface area contributed by atoms with Gasteiger partial charge in [0, 0.05) is 25.3 Å². The topological polar surface area (TPSA) is 29.3 Å². The van der Waals surface area contributed by atoms with Crippen LogP contribution < -0.4 is 10.6 Å². The van der Waals surface area contributed by atoms with Crippen LogP contribution in [-0.4, -0.2) is 13.1 Å². The molecular weight excluding hydrogens is 232 g/mol. The summed E-state index contributed by atoms with van der Waals surface area (Å²) in [5, 5.41) is 0. The van der Waals surface area contributed by atoms with Gasteiger partial charge in [0.2, 0.25) is 0 Å². The quantitative estimate of drug-likeness (QED) is 0.906. The Bertz CT molecular complexity index is 563. The lowest BCUT2D eigenvalue weighted by molar-refractivity contribution is 0.806. The van der Waals surface area contributed by atoms with Gasteiger partial charge in [0.15, 0.2) is 0 Å². The van der Waals surface area contributed by atoms with E-state index < -0.39 is 0 Å². The summed E-state index contributed by atoms with van der Waals surface area (Å²) in [7, 11) is 0. The fourth-order valence-corrected chi connectivity index (χ4v) is 2.89. The summed E-state index contributed by atoms with van der Waals surface area (Å²) in [6.45, 7) is 2.85. The van der Waals surface area contributed by atoms with Crippen LogP contribution in [0.3, 0.4) is 0 Å². The van der Waals surface area contributed by atoms with Crippen LogP contribution in [0.1, 0.15) is 16.7 Å². The molecule has 0 radical (unpaired) electrons. The van der Waals surface area contributed by atoms with E-state index in [1.807, 2.05) is 0 Å². The maximum Gasteiger partial charge on any atom is 0.0399 e. The van der Waals surface area contributed by atoms with E-state index in [1.165, 1.54) is 28.8 Å². The average Bonchev–Trinajstić information content (AvgIpc) is 2.89. The van der Waals surface area contributed by atoms with Gasteiger partial charge in [-0.1, -0.05) is 42.5 Å². The minimum absolute atomic E-state index is 0.632. The van der Waals surface area contributed by atoms with Gasteiger partial charge in [-0.05, 0) is 35.6 Å². The molecule has 0 unspecified atom stereocenters. The summed E-state index contributed by atoms with van der Waals surface area (Å²) in [5.74, 6) is 0. The Morgan fingerprint density at radius 1 is 0.947 bits per heavy atom. The Kier molecular flexibility index (Phi) is 3.51. The first kappa shape index (κ1) is 12.2. The van der Waals surface area contributed by atoms with Gasteiger partial charge in [0.1, 0.15) is 0 Å². The van der Waals surface area contributed by atoms with Crippen LogP contribution in [-0.2, 0) is 19.4 Å². The molecule has 98 valence electrons. The highest BCUT2D eigenvalue weighted by Gasteiger charge is 2.17. The zero-order chi connectivity index (χ0) is 13.1. The zero-order valence-corrected chi connectivity index (χ0v) is 11.2. The molecule has 0 saturated heterocycles. The summed E-state index contributed by atoms with van der Waals surface area (Å²) < 4.78 is 0. The van der Waals surface area contributed by atoms with Gasteiger partial charge in [0.25, 0.3) is 0 Å². The number of rotatable bonds is 4. The standard InChI is InChI=1S/C17H20N2/c18-13-16-7-2-1-5-14(16)9-11-19-12-10-15-6-3-4-8-17(15)19/h1-8H,9-13,18H2. The molecule has 2 heteroatoms. The van der Waals surface area contributed by atoms with Crippen molar-refractivity contribution in [3.63, 3.8) is 0 Å². The zero-order valence-electron chi connectivity index (χ0n) is 11.2. The molecular formula is C17H20N2. The van der Waals surface area contributed by atoms with Gasteiger partial charge < -0.3 is 10.6 Å². The van der Waals surface area contributed by atoms with E-state index in [2.05, 4.69) is 53.4 Å². The molecule has 1 aliphatic rings. The van der Waals surface area contributed by atoms with Crippen molar-refractivity contribution >= 4 is 5.69 Å². The van der Waals surface area contributed by atoms with Gasteiger partial charge in [-0.2, -0.15) is 0 Å². The van der Waals surface area contributed by atoms with Crippen molar-refractivity contribution in [2.75, 3.05) is 18.0 Å². The van der Waals surface area contributed by atoms with Crippen molar-refractivity contribution in [2.24, 2.45) is 5.73 Å². The van der Waals surface area contributed by atoms with Crippen LogP contribution >= 0.6 is 0 Å². The second-order valence-electron chi connectivity index (χ2n) is 5.09. The molecule has 0 aliphatic carbocycles. The molecule has 19 heavy (non-hydrogen) atoms. The SMILES string of the molecule is NCc1ccccc1CCN1CCc2ccccc21. The predicted molar refractivity (Wildman–Crippen MR) is 80.4 cm³/mol.